The van der Waals surface area contributed by atoms with E-state index in [0.717, 1.165) is 0 Å². The summed E-state index contributed by atoms with van der Waals surface area (Å²) in [5, 5.41) is 40.0. The van der Waals surface area contributed by atoms with E-state index in [4.69, 9.17) is 18.9 Å². The molecule has 0 aromatic rings. The van der Waals surface area contributed by atoms with Crippen molar-refractivity contribution >= 4 is 17.9 Å². The molecule has 6 atom stereocenters. The molecule has 2 fully saturated rings. The molecule has 2 heterocycles. The monoisotopic (exact) mass is 407 g/mol. The first-order valence-corrected chi connectivity index (χ1v) is 8.49. The van der Waals surface area contributed by atoms with Crippen LogP contribution < -0.4 is 0 Å². The molecule has 0 radical (unpaired) electrons. The summed E-state index contributed by atoms with van der Waals surface area (Å²) < 4.78 is 19.6. The number of aliphatic hydroxyl groups is 3. The summed E-state index contributed by atoms with van der Waals surface area (Å²) in [6.45, 7) is -1.16. The zero-order valence-corrected chi connectivity index (χ0v) is 14.7. The van der Waals surface area contributed by atoms with Crippen molar-refractivity contribution in [3.8, 4) is 0 Å². The van der Waals surface area contributed by atoms with Gasteiger partial charge in [-0.3, -0.25) is 24.5 Å². The van der Waals surface area contributed by atoms with Gasteiger partial charge >= 0.3 is 17.9 Å². The lowest BCUT2D eigenvalue weighted by Gasteiger charge is -2.39. The van der Waals surface area contributed by atoms with Gasteiger partial charge in [0.2, 0.25) is 12.8 Å². The average Bonchev–Trinajstić information content (AvgIpc) is 3.03. The van der Waals surface area contributed by atoms with E-state index in [0.29, 0.717) is 0 Å². The van der Waals surface area contributed by atoms with Crippen molar-refractivity contribution in [2.24, 2.45) is 5.92 Å². The molecule has 2 aliphatic rings. The zero-order valence-electron chi connectivity index (χ0n) is 14.7. The molecule has 0 aliphatic carbocycles. The van der Waals surface area contributed by atoms with E-state index in [9.17, 15) is 39.8 Å². The van der Waals surface area contributed by atoms with E-state index >= 15 is 0 Å². The van der Waals surface area contributed by atoms with Crippen molar-refractivity contribution in [1.29, 1.82) is 0 Å². The Bertz CT molecular complexity index is 610. The number of rotatable bonds is 8. The second kappa shape index (κ2) is 9.73. The molecule has 0 aromatic carbocycles. The number of cyclic esters (lactones) is 1. The van der Waals surface area contributed by atoms with Gasteiger partial charge in [-0.25, -0.2) is 0 Å². The number of aliphatic hydroxyl groups excluding tert-OH is 3. The Labute approximate surface area is 158 Å². The highest BCUT2D eigenvalue weighted by Crippen LogP contribution is 2.24. The maximum atomic E-state index is 12.0. The van der Waals surface area contributed by atoms with Crippen LogP contribution >= 0.6 is 0 Å². The lowest BCUT2D eigenvalue weighted by molar-refractivity contribution is -0.479. The van der Waals surface area contributed by atoms with Crippen LogP contribution in [-0.2, 0) is 33.3 Å². The van der Waals surface area contributed by atoms with Gasteiger partial charge in [-0.05, 0) is 0 Å². The Balaban J connectivity index is 1.86. The van der Waals surface area contributed by atoms with Crippen molar-refractivity contribution in [3.63, 3.8) is 0 Å². The lowest BCUT2D eigenvalue weighted by atomic mass is 9.99. The SMILES string of the molecule is O=C(CC[N+](=O)[O-])OC[C@H]1O[C@@H](OC(=O)CC2COC(=O)C2)[C@H](O)[C@@H](O)[C@@H]1O. The molecule has 158 valence electrons. The maximum Gasteiger partial charge on any atom is 0.312 e. The molecule has 1 unspecified atom stereocenters. The van der Waals surface area contributed by atoms with Crippen molar-refractivity contribution in [2.75, 3.05) is 19.8 Å². The van der Waals surface area contributed by atoms with Gasteiger partial charge in [0.25, 0.3) is 0 Å². The topological polar surface area (TPSA) is 192 Å². The summed E-state index contributed by atoms with van der Waals surface area (Å²) in [6.07, 6.45) is -8.80. The Hall–Kier alpha value is -2.35. The number of carbonyl (C=O) groups excluding carboxylic acids is 3. The number of esters is 3. The summed E-state index contributed by atoms with van der Waals surface area (Å²) in [7, 11) is 0. The van der Waals surface area contributed by atoms with Crippen LogP contribution in [0.5, 0.6) is 0 Å². The number of carbonyl (C=O) groups is 3. The molecule has 2 saturated heterocycles. The molecule has 2 aliphatic heterocycles. The summed E-state index contributed by atoms with van der Waals surface area (Å²) in [5.74, 6) is -2.57. The van der Waals surface area contributed by atoms with Gasteiger partial charge in [0.1, 0.15) is 37.4 Å². The Morgan fingerprint density at radius 1 is 1.18 bits per heavy atom. The molecule has 0 saturated carbocycles. The Morgan fingerprint density at radius 3 is 2.50 bits per heavy atom. The van der Waals surface area contributed by atoms with Crippen molar-refractivity contribution in [1.82, 2.24) is 0 Å². The summed E-state index contributed by atoms with van der Waals surface area (Å²) in [6, 6.07) is 0. The van der Waals surface area contributed by atoms with E-state index in [1.54, 1.807) is 0 Å². The molecule has 2 rings (SSSR count). The molecule has 13 heteroatoms. The van der Waals surface area contributed by atoms with Gasteiger partial charge in [0.05, 0.1) is 19.4 Å². The second-order valence-corrected chi connectivity index (χ2v) is 6.45. The van der Waals surface area contributed by atoms with Crippen LogP contribution in [0.1, 0.15) is 19.3 Å². The normalized spacial score (nSPS) is 32.5. The van der Waals surface area contributed by atoms with E-state index in [-0.39, 0.29) is 25.4 Å². The van der Waals surface area contributed by atoms with Gasteiger partial charge in [-0.15, -0.1) is 0 Å². The second-order valence-electron chi connectivity index (χ2n) is 6.45. The Morgan fingerprint density at radius 2 is 1.89 bits per heavy atom. The fraction of sp³-hybridized carbons (Fsp3) is 0.800. The molecule has 0 bridgehead atoms. The first kappa shape index (κ1) is 21.9. The maximum absolute atomic E-state index is 12.0. The molecule has 0 aromatic heterocycles. The number of nitro groups is 1. The third-order valence-electron chi connectivity index (χ3n) is 4.21. The fourth-order valence-corrected chi connectivity index (χ4v) is 2.69. The molecule has 0 spiro atoms. The lowest BCUT2D eigenvalue weighted by Crippen LogP contribution is -2.59. The summed E-state index contributed by atoms with van der Waals surface area (Å²) in [5.41, 5.74) is 0. The van der Waals surface area contributed by atoms with E-state index in [1.807, 2.05) is 0 Å². The molecule has 13 nitrogen and oxygen atoms in total. The number of hydrogen-bond donors (Lipinski definition) is 3. The highest BCUT2D eigenvalue weighted by molar-refractivity contribution is 5.75. The van der Waals surface area contributed by atoms with Crippen LogP contribution in [0.4, 0.5) is 0 Å². The third kappa shape index (κ3) is 6.09. The minimum absolute atomic E-state index is 0.0489. The smallest absolute Gasteiger partial charge is 0.312 e. The highest BCUT2D eigenvalue weighted by Gasteiger charge is 2.46. The predicted molar refractivity (Wildman–Crippen MR) is 83.9 cm³/mol. The van der Waals surface area contributed by atoms with Crippen LogP contribution in [0, 0.1) is 16.0 Å². The number of nitrogens with zero attached hydrogens (tertiary/aromatic N) is 1. The zero-order chi connectivity index (χ0) is 20.8. The standard InChI is InChI=1S/C15H21NO12/c17-9(1-2-16(23)24)26-6-8-12(20)13(21)14(22)15(27-8)28-11(19)4-7-3-10(18)25-5-7/h7-8,12-15,20-22H,1-6H2/t7?,8-,12-,13+,14-,15+/m1/s1. The molecule has 28 heavy (non-hydrogen) atoms. The van der Waals surface area contributed by atoms with Crippen LogP contribution in [0.2, 0.25) is 0 Å². The van der Waals surface area contributed by atoms with Crippen LogP contribution in [0.25, 0.3) is 0 Å². The van der Waals surface area contributed by atoms with Crippen LogP contribution in [0.15, 0.2) is 0 Å². The van der Waals surface area contributed by atoms with E-state index in [1.165, 1.54) is 0 Å². The van der Waals surface area contributed by atoms with E-state index < -0.39 is 73.1 Å². The first-order chi connectivity index (χ1) is 13.2. The van der Waals surface area contributed by atoms with Gasteiger partial charge in [0.15, 0.2) is 0 Å². The summed E-state index contributed by atoms with van der Waals surface area (Å²) >= 11 is 0. The largest absolute Gasteiger partial charge is 0.465 e. The molecular formula is C15H21NO12. The van der Waals surface area contributed by atoms with Crippen molar-refractivity contribution < 1.29 is 53.6 Å². The molecule has 0 amide bonds. The van der Waals surface area contributed by atoms with E-state index in [2.05, 4.69) is 0 Å². The quantitative estimate of drug-likeness (QED) is 0.166. The third-order valence-corrected chi connectivity index (χ3v) is 4.21. The summed E-state index contributed by atoms with van der Waals surface area (Å²) in [4.78, 5) is 43.9. The van der Waals surface area contributed by atoms with Gasteiger partial charge in [-0.1, -0.05) is 0 Å². The minimum Gasteiger partial charge on any atom is -0.465 e. The average molecular weight is 407 g/mol. The Kier molecular flexibility index (Phi) is 7.62. The van der Waals surface area contributed by atoms with Gasteiger partial charge < -0.3 is 34.3 Å². The van der Waals surface area contributed by atoms with Crippen molar-refractivity contribution in [3.05, 3.63) is 10.1 Å². The van der Waals surface area contributed by atoms with Gasteiger partial charge in [0, 0.05) is 10.8 Å². The minimum atomic E-state index is -1.76. The van der Waals surface area contributed by atoms with Crippen LogP contribution in [0.3, 0.4) is 0 Å². The van der Waals surface area contributed by atoms with Crippen LogP contribution in [-0.4, -0.2) is 88.6 Å². The van der Waals surface area contributed by atoms with Gasteiger partial charge in [-0.2, -0.15) is 0 Å². The fourth-order valence-electron chi connectivity index (χ4n) is 2.69. The molecule has 3 N–H and O–H groups in total. The molecular weight excluding hydrogens is 386 g/mol. The van der Waals surface area contributed by atoms with Crippen molar-refractivity contribution in [2.45, 2.75) is 50.0 Å². The predicted octanol–water partition coefficient (Wildman–Crippen LogP) is -2.50. The number of ether oxygens (including phenoxy) is 4. The number of hydrogen-bond acceptors (Lipinski definition) is 12. The first-order valence-electron chi connectivity index (χ1n) is 8.49. The highest BCUT2D eigenvalue weighted by atomic mass is 16.7.